The fourth-order valence-corrected chi connectivity index (χ4v) is 4.58. The van der Waals surface area contributed by atoms with Crippen LogP contribution in [0.5, 0.6) is 0 Å². The first-order valence-electron chi connectivity index (χ1n) is 12.1. The molecule has 2 heterocycles. The molecule has 1 atom stereocenters. The van der Waals surface area contributed by atoms with Crippen molar-refractivity contribution >= 4 is 10.9 Å². The summed E-state index contributed by atoms with van der Waals surface area (Å²) in [7, 11) is 1.64. The van der Waals surface area contributed by atoms with Crippen molar-refractivity contribution in [3.05, 3.63) is 86.7 Å². The van der Waals surface area contributed by atoms with Crippen LogP contribution in [-0.4, -0.2) is 43.8 Å². The summed E-state index contributed by atoms with van der Waals surface area (Å²) in [4.78, 5) is 18.4. The van der Waals surface area contributed by atoms with Crippen LogP contribution in [0.3, 0.4) is 0 Å². The highest BCUT2D eigenvalue weighted by Crippen LogP contribution is 2.30. The van der Waals surface area contributed by atoms with E-state index in [-0.39, 0.29) is 23.3 Å². The van der Waals surface area contributed by atoms with Crippen molar-refractivity contribution in [2.75, 3.05) is 13.7 Å². The lowest BCUT2D eigenvalue weighted by Gasteiger charge is -2.33. The second kappa shape index (κ2) is 11.1. The molecule has 0 unspecified atom stereocenters. The Kier molecular flexibility index (Phi) is 7.91. The number of ether oxygens (including phenoxy) is 1. The van der Waals surface area contributed by atoms with E-state index in [9.17, 15) is 9.18 Å². The van der Waals surface area contributed by atoms with Gasteiger partial charge in [-0.25, -0.2) is 9.07 Å². The number of aromatic amines is 1. The highest BCUT2D eigenvalue weighted by Gasteiger charge is 2.30. The average molecular weight is 493 g/mol. The molecule has 2 aromatic heterocycles. The van der Waals surface area contributed by atoms with Gasteiger partial charge >= 0.3 is 0 Å². The number of H-pyrrole nitrogens is 1. The zero-order valence-electron chi connectivity index (χ0n) is 21.5. The number of aryl methyl sites for hydroxylation is 2. The van der Waals surface area contributed by atoms with Gasteiger partial charge in [-0.05, 0) is 82.6 Å². The van der Waals surface area contributed by atoms with Crippen molar-refractivity contribution in [2.24, 2.45) is 5.92 Å². The van der Waals surface area contributed by atoms with Crippen LogP contribution in [0.2, 0.25) is 0 Å². The molecule has 0 amide bonds. The lowest BCUT2D eigenvalue weighted by Crippen LogP contribution is -2.35. The maximum absolute atomic E-state index is 13.6. The second-order valence-electron chi connectivity index (χ2n) is 9.62. The summed E-state index contributed by atoms with van der Waals surface area (Å²) in [6.45, 7) is 10.2. The van der Waals surface area contributed by atoms with Gasteiger partial charge in [0.05, 0.1) is 19.2 Å². The van der Waals surface area contributed by atoms with Crippen molar-refractivity contribution in [1.82, 2.24) is 30.1 Å². The number of halogens is 1. The van der Waals surface area contributed by atoms with Crippen LogP contribution in [0.25, 0.3) is 10.9 Å². The van der Waals surface area contributed by atoms with E-state index in [0.29, 0.717) is 37.6 Å². The minimum absolute atomic E-state index is 0.127. The zero-order valence-corrected chi connectivity index (χ0v) is 21.5. The molecule has 0 aliphatic heterocycles. The standard InChI is InChI=1S/C27H33FN6O2/c1-17(2)25(26-30-31-32-34(26)10-11-36-5)33(15-20-6-8-23(28)9-7-20)16-22-14-21-12-18(3)19(4)13-24(21)29-27(22)35/h6-9,12-14,17,25H,10-11,15-16H2,1-5H3,(H,29,35)/t25-/m1/s1. The normalized spacial score (nSPS) is 12.7. The number of tetrazole rings is 1. The van der Waals surface area contributed by atoms with Crippen molar-refractivity contribution < 1.29 is 9.13 Å². The minimum Gasteiger partial charge on any atom is -0.383 e. The first kappa shape index (κ1) is 25.7. The average Bonchev–Trinajstić information content (AvgIpc) is 3.28. The van der Waals surface area contributed by atoms with Gasteiger partial charge < -0.3 is 9.72 Å². The van der Waals surface area contributed by atoms with Crippen LogP contribution >= 0.6 is 0 Å². The first-order valence-corrected chi connectivity index (χ1v) is 12.1. The number of hydrogen-bond donors (Lipinski definition) is 1. The quantitative estimate of drug-likeness (QED) is 0.355. The van der Waals surface area contributed by atoms with Gasteiger partial charge in [0.15, 0.2) is 5.82 Å². The lowest BCUT2D eigenvalue weighted by atomic mass is 9.99. The van der Waals surface area contributed by atoms with Crippen LogP contribution in [0.1, 0.15) is 48.0 Å². The molecule has 0 saturated carbocycles. The molecule has 0 spiro atoms. The molecule has 36 heavy (non-hydrogen) atoms. The topological polar surface area (TPSA) is 88.9 Å². The van der Waals surface area contributed by atoms with Gasteiger partial charge in [0.2, 0.25) is 0 Å². The zero-order chi connectivity index (χ0) is 25.8. The molecular formula is C27H33FN6O2. The predicted octanol–water partition coefficient (Wildman–Crippen LogP) is 4.32. The van der Waals surface area contributed by atoms with Gasteiger partial charge in [-0.15, -0.1) is 5.10 Å². The Morgan fingerprint density at radius 3 is 2.50 bits per heavy atom. The number of methoxy groups -OCH3 is 1. The van der Waals surface area contributed by atoms with E-state index in [4.69, 9.17) is 4.74 Å². The summed E-state index contributed by atoms with van der Waals surface area (Å²) in [6.07, 6.45) is 0. The summed E-state index contributed by atoms with van der Waals surface area (Å²) in [5.41, 5.74) is 4.57. The Balaban J connectivity index is 1.77. The third-order valence-corrected chi connectivity index (χ3v) is 6.56. The molecule has 190 valence electrons. The molecule has 0 bridgehead atoms. The third kappa shape index (κ3) is 5.68. The van der Waals surface area contributed by atoms with Gasteiger partial charge in [0.1, 0.15) is 5.82 Å². The molecule has 9 heteroatoms. The van der Waals surface area contributed by atoms with Crippen LogP contribution in [0.4, 0.5) is 4.39 Å². The molecule has 0 aliphatic carbocycles. The smallest absolute Gasteiger partial charge is 0.252 e. The van der Waals surface area contributed by atoms with Crippen molar-refractivity contribution in [1.29, 1.82) is 0 Å². The van der Waals surface area contributed by atoms with Crippen molar-refractivity contribution in [3.8, 4) is 0 Å². The van der Waals surface area contributed by atoms with Gasteiger partial charge in [-0.3, -0.25) is 9.69 Å². The number of pyridine rings is 1. The molecule has 0 aliphatic rings. The summed E-state index contributed by atoms with van der Waals surface area (Å²) in [6, 6.07) is 12.3. The van der Waals surface area contributed by atoms with Gasteiger partial charge in [-0.2, -0.15) is 0 Å². The first-order chi connectivity index (χ1) is 17.3. The van der Waals surface area contributed by atoms with E-state index in [1.807, 2.05) is 19.1 Å². The summed E-state index contributed by atoms with van der Waals surface area (Å²) < 4.78 is 20.6. The van der Waals surface area contributed by atoms with E-state index < -0.39 is 0 Å². The molecule has 4 aromatic rings. The Labute approximate surface area is 210 Å². The van der Waals surface area contributed by atoms with E-state index in [1.165, 1.54) is 17.7 Å². The maximum Gasteiger partial charge on any atom is 0.252 e. The van der Waals surface area contributed by atoms with Crippen LogP contribution in [0, 0.1) is 25.6 Å². The highest BCUT2D eigenvalue weighted by atomic mass is 19.1. The third-order valence-electron chi connectivity index (χ3n) is 6.56. The number of fused-ring (bicyclic) bond motifs is 1. The molecule has 8 nitrogen and oxygen atoms in total. The highest BCUT2D eigenvalue weighted by molar-refractivity contribution is 5.80. The Hall–Kier alpha value is -3.43. The molecule has 0 fully saturated rings. The number of rotatable bonds is 10. The number of aromatic nitrogens is 5. The fraction of sp³-hybridized carbons (Fsp3) is 0.407. The SMILES string of the molecule is COCCn1nnnc1[C@@H](C(C)C)N(Cc1ccc(F)cc1)Cc1cc2cc(C)c(C)cc2[nH]c1=O. The van der Waals surface area contributed by atoms with Crippen LogP contribution in [-0.2, 0) is 24.4 Å². The van der Waals surface area contributed by atoms with E-state index in [0.717, 1.165) is 22.0 Å². The van der Waals surface area contributed by atoms with E-state index in [2.05, 4.69) is 52.2 Å². The van der Waals surface area contributed by atoms with Gasteiger partial charge in [-0.1, -0.05) is 26.0 Å². The van der Waals surface area contributed by atoms with Gasteiger partial charge in [0, 0.05) is 31.3 Å². The predicted molar refractivity (Wildman–Crippen MR) is 137 cm³/mol. The number of nitrogens with zero attached hydrogens (tertiary/aromatic N) is 5. The Morgan fingerprint density at radius 2 is 1.81 bits per heavy atom. The van der Waals surface area contributed by atoms with Crippen molar-refractivity contribution in [3.63, 3.8) is 0 Å². The summed E-state index contributed by atoms with van der Waals surface area (Å²) >= 11 is 0. The van der Waals surface area contributed by atoms with Crippen LogP contribution in [0.15, 0.2) is 47.3 Å². The number of nitrogens with one attached hydrogen (secondary N) is 1. The molecular weight excluding hydrogens is 459 g/mol. The molecule has 1 N–H and O–H groups in total. The van der Waals surface area contributed by atoms with E-state index in [1.54, 1.807) is 23.9 Å². The van der Waals surface area contributed by atoms with Crippen LogP contribution < -0.4 is 5.56 Å². The Morgan fingerprint density at radius 1 is 1.08 bits per heavy atom. The Bertz CT molecular complexity index is 1380. The molecule has 0 saturated heterocycles. The fourth-order valence-electron chi connectivity index (χ4n) is 4.58. The van der Waals surface area contributed by atoms with Gasteiger partial charge in [0.25, 0.3) is 5.56 Å². The molecule has 2 aromatic carbocycles. The van der Waals surface area contributed by atoms with Crippen molar-refractivity contribution in [2.45, 2.75) is 53.4 Å². The minimum atomic E-state index is -0.286. The molecule has 4 rings (SSSR count). The number of benzene rings is 2. The van der Waals surface area contributed by atoms with E-state index >= 15 is 0 Å². The lowest BCUT2D eigenvalue weighted by molar-refractivity contribution is 0.121. The number of hydrogen-bond acceptors (Lipinski definition) is 6. The maximum atomic E-state index is 13.6. The summed E-state index contributed by atoms with van der Waals surface area (Å²) in [5.74, 6) is 0.542. The second-order valence-corrected chi connectivity index (χ2v) is 9.62. The summed E-state index contributed by atoms with van der Waals surface area (Å²) in [5, 5.41) is 13.4. The monoisotopic (exact) mass is 492 g/mol. The largest absolute Gasteiger partial charge is 0.383 e. The molecule has 0 radical (unpaired) electrons.